The Kier molecular flexibility index (Phi) is 9.60. The van der Waals surface area contributed by atoms with Gasteiger partial charge in [-0.25, -0.2) is 22.8 Å². The van der Waals surface area contributed by atoms with Gasteiger partial charge in [0, 0.05) is 51.4 Å². The Balaban J connectivity index is 1.47. The van der Waals surface area contributed by atoms with E-state index >= 15 is 0 Å². The number of rotatable bonds is 13. The maximum atomic E-state index is 15.0. The summed E-state index contributed by atoms with van der Waals surface area (Å²) in [6.45, 7) is 2.65. The number of ether oxygens (including phenoxy) is 2. The monoisotopic (exact) mass is 572 g/mol. The van der Waals surface area contributed by atoms with E-state index in [0.29, 0.717) is 42.7 Å². The number of hydrogen-bond acceptors (Lipinski definition) is 9. The molecule has 2 heterocycles. The van der Waals surface area contributed by atoms with E-state index in [1.54, 1.807) is 43.8 Å². The smallest absolute Gasteiger partial charge is 0.263 e. The molecule has 0 bridgehead atoms. The zero-order valence-corrected chi connectivity index (χ0v) is 22.5. The van der Waals surface area contributed by atoms with Gasteiger partial charge in [0.25, 0.3) is 10.0 Å². The lowest BCUT2D eigenvalue weighted by molar-refractivity contribution is 0.200. The quantitative estimate of drug-likeness (QED) is 0.197. The predicted molar refractivity (Wildman–Crippen MR) is 147 cm³/mol. The number of aromatic nitrogens is 3. The van der Waals surface area contributed by atoms with Gasteiger partial charge in [0.05, 0.1) is 28.6 Å². The third kappa shape index (κ3) is 7.60. The van der Waals surface area contributed by atoms with Gasteiger partial charge in [0.15, 0.2) is 11.6 Å². The van der Waals surface area contributed by atoms with Gasteiger partial charge in [-0.3, -0.25) is 9.71 Å². The molecule has 0 saturated carbocycles. The Morgan fingerprint density at radius 2 is 1.85 bits per heavy atom. The van der Waals surface area contributed by atoms with Crippen LogP contribution < -0.4 is 20.1 Å². The van der Waals surface area contributed by atoms with Crippen LogP contribution in [0.2, 0.25) is 5.02 Å². The highest BCUT2D eigenvalue weighted by Gasteiger charge is 2.19. The molecule has 3 N–H and O–H groups in total. The van der Waals surface area contributed by atoms with Crippen molar-refractivity contribution in [3.63, 3.8) is 0 Å². The number of methoxy groups -OCH3 is 1. The van der Waals surface area contributed by atoms with E-state index in [1.165, 1.54) is 30.5 Å². The molecule has 0 aliphatic rings. The first-order valence-corrected chi connectivity index (χ1v) is 13.7. The molecule has 0 unspecified atom stereocenters. The largest absolute Gasteiger partial charge is 0.453 e. The van der Waals surface area contributed by atoms with Gasteiger partial charge in [-0.15, -0.1) is 0 Å². The van der Waals surface area contributed by atoms with Crippen molar-refractivity contribution in [2.45, 2.75) is 4.90 Å². The summed E-state index contributed by atoms with van der Waals surface area (Å²) >= 11 is 6.01. The lowest BCUT2D eigenvalue weighted by Gasteiger charge is -2.13. The van der Waals surface area contributed by atoms with Crippen molar-refractivity contribution in [1.29, 1.82) is 0 Å². The zero-order chi connectivity index (χ0) is 27.7. The first kappa shape index (κ1) is 28.2. The molecule has 2 aromatic heterocycles. The molecule has 0 fully saturated rings. The molecule has 0 atom stereocenters. The number of nitrogens with one attached hydrogen (secondary N) is 3. The Morgan fingerprint density at radius 1 is 1.00 bits per heavy atom. The Bertz CT molecular complexity index is 1530. The van der Waals surface area contributed by atoms with E-state index in [-0.39, 0.29) is 21.4 Å². The number of hydrogen-bond donors (Lipinski definition) is 3. The molecular weight excluding hydrogens is 547 g/mol. The molecule has 204 valence electrons. The molecule has 13 heteroatoms. The molecule has 0 aliphatic carbocycles. The topological polar surface area (TPSA) is 127 Å². The zero-order valence-electron chi connectivity index (χ0n) is 20.9. The number of halogens is 2. The predicted octanol–water partition coefficient (Wildman–Crippen LogP) is 4.57. The van der Waals surface area contributed by atoms with Crippen LogP contribution in [0.3, 0.4) is 0 Å². The summed E-state index contributed by atoms with van der Waals surface area (Å²) in [5, 5.41) is 6.41. The fraction of sp³-hybridized carbons (Fsp3) is 0.192. The molecule has 39 heavy (non-hydrogen) atoms. The third-order valence-electron chi connectivity index (χ3n) is 5.31. The molecule has 0 radical (unpaired) electrons. The average Bonchev–Trinajstić information content (AvgIpc) is 2.92. The second-order valence-corrected chi connectivity index (χ2v) is 10.1. The lowest BCUT2D eigenvalue weighted by Crippen LogP contribution is -2.25. The van der Waals surface area contributed by atoms with Crippen molar-refractivity contribution in [2.24, 2.45) is 0 Å². The van der Waals surface area contributed by atoms with E-state index < -0.39 is 15.8 Å². The Morgan fingerprint density at radius 3 is 2.64 bits per heavy atom. The molecular formula is C26H26ClFN6O4S. The van der Waals surface area contributed by atoms with Crippen molar-refractivity contribution >= 4 is 33.3 Å². The third-order valence-corrected chi connectivity index (χ3v) is 7.19. The first-order chi connectivity index (χ1) is 18.9. The van der Waals surface area contributed by atoms with Crippen molar-refractivity contribution in [2.75, 3.05) is 43.4 Å². The minimum atomic E-state index is -4.02. The van der Waals surface area contributed by atoms with E-state index in [9.17, 15) is 12.8 Å². The number of anilines is 2. The number of nitrogens with zero attached hydrogens (tertiary/aromatic N) is 3. The normalized spacial score (nSPS) is 11.3. The molecule has 4 rings (SSSR count). The van der Waals surface area contributed by atoms with Crippen LogP contribution >= 0.6 is 11.6 Å². The summed E-state index contributed by atoms with van der Waals surface area (Å²) in [5.74, 6) is -0.169. The minimum absolute atomic E-state index is 0.0120. The van der Waals surface area contributed by atoms with Crippen LogP contribution in [0.15, 0.2) is 78.1 Å². The number of sulfonamides is 1. The van der Waals surface area contributed by atoms with E-state index in [0.717, 1.165) is 12.6 Å². The molecule has 0 aliphatic heterocycles. The minimum Gasteiger partial charge on any atom is -0.453 e. The van der Waals surface area contributed by atoms with Crippen LogP contribution in [0.4, 0.5) is 16.0 Å². The summed E-state index contributed by atoms with van der Waals surface area (Å²) in [4.78, 5) is 12.8. The first-order valence-electron chi connectivity index (χ1n) is 11.8. The van der Waals surface area contributed by atoms with Gasteiger partial charge >= 0.3 is 0 Å². The van der Waals surface area contributed by atoms with Gasteiger partial charge in [-0.05, 0) is 36.4 Å². The van der Waals surface area contributed by atoms with Crippen LogP contribution in [0.1, 0.15) is 0 Å². The molecule has 0 saturated heterocycles. The van der Waals surface area contributed by atoms with Crippen LogP contribution in [-0.2, 0) is 14.8 Å². The van der Waals surface area contributed by atoms with Gasteiger partial charge in [-0.1, -0.05) is 23.7 Å². The summed E-state index contributed by atoms with van der Waals surface area (Å²) in [6.07, 6.45) is 4.66. The SMILES string of the molecule is COCCNCCNc1nccc(-c2cnccc2Oc2ccc(NS(=O)(=O)c3ccccc3Cl)cc2F)n1. The average molecular weight is 573 g/mol. The van der Waals surface area contributed by atoms with E-state index in [4.69, 9.17) is 21.1 Å². The summed E-state index contributed by atoms with van der Waals surface area (Å²) < 4.78 is 53.5. The van der Waals surface area contributed by atoms with Gasteiger partial charge < -0.3 is 20.1 Å². The Labute approximate surface area is 230 Å². The maximum Gasteiger partial charge on any atom is 0.263 e. The van der Waals surface area contributed by atoms with Crippen molar-refractivity contribution in [1.82, 2.24) is 20.3 Å². The maximum absolute atomic E-state index is 15.0. The highest BCUT2D eigenvalue weighted by atomic mass is 35.5. The van der Waals surface area contributed by atoms with Crippen LogP contribution in [-0.4, -0.2) is 56.7 Å². The number of benzene rings is 2. The van der Waals surface area contributed by atoms with Crippen LogP contribution in [0, 0.1) is 5.82 Å². The van der Waals surface area contributed by atoms with Gasteiger partial charge in [0.1, 0.15) is 10.6 Å². The molecule has 10 nitrogen and oxygen atoms in total. The summed E-state index contributed by atoms with van der Waals surface area (Å²) in [6, 6.07) is 13.0. The van der Waals surface area contributed by atoms with E-state index in [1.807, 2.05) is 0 Å². The fourth-order valence-corrected chi connectivity index (χ4v) is 5.03. The second kappa shape index (κ2) is 13.3. The van der Waals surface area contributed by atoms with Gasteiger partial charge in [0.2, 0.25) is 5.95 Å². The van der Waals surface area contributed by atoms with Crippen molar-refractivity contribution in [3.8, 4) is 22.8 Å². The molecule has 0 amide bonds. The highest BCUT2D eigenvalue weighted by molar-refractivity contribution is 7.92. The van der Waals surface area contributed by atoms with Gasteiger partial charge in [-0.2, -0.15) is 0 Å². The standard InChI is InChI=1S/C26H26ClFN6O4S/c1-37-15-14-29-12-13-32-26-31-11-8-22(33-26)19-17-30-10-9-23(19)38-24-7-6-18(16-21(24)28)34-39(35,36)25-5-3-2-4-20(25)27/h2-11,16-17,29,34H,12-15H2,1H3,(H,31,32,33). The molecule has 0 spiro atoms. The second-order valence-electron chi connectivity index (χ2n) is 8.09. The lowest BCUT2D eigenvalue weighted by atomic mass is 10.2. The van der Waals surface area contributed by atoms with Crippen LogP contribution in [0.25, 0.3) is 11.3 Å². The molecule has 2 aromatic carbocycles. The number of pyridine rings is 1. The van der Waals surface area contributed by atoms with Crippen molar-refractivity contribution < 1.29 is 22.3 Å². The van der Waals surface area contributed by atoms with Crippen molar-refractivity contribution in [3.05, 3.63) is 84.0 Å². The summed E-state index contributed by atoms with van der Waals surface area (Å²) in [7, 11) is -2.37. The molecule has 4 aromatic rings. The van der Waals surface area contributed by atoms with E-state index in [2.05, 4.69) is 30.3 Å². The fourth-order valence-electron chi connectivity index (χ4n) is 3.46. The van der Waals surface area contributed by atoms with Crippen LogP contribution in [0.5, 0.6) is 11.5 Å². The highest BCUT2D eigenvalue weighted by Crippen LogP contribution is 2.34. The summed E-state index contributed by atoms with van der Waals surface area (Å²) in [5.41, 5.74) is 1.05. The Hall–Kier alpha value is -3.84.